The first-order valence-corrected chi connectivity index (χ1v) is 5.92. The van der Waals surface area contributed by atoms with Crippen molar-refractivity contribution in [3.8, 4) is 0 Å². The molecule has 1 heteroatoms. The lowest BCUT2D eigenvalue weighted by Gasteiger charge is -2.35. The van der Waals surface area contributed by atoms with Crippen molar-refractivity contribution in [2.45, 2.75) is 58.9 Å². The Morgan fingerprint density at radius 1 is 1.23 bits per heavy atom. The molecule has 1 saturated carbocycles. The fourth-order valence-electron chi connectivity index (χ4n) is 2.82. The molecule has 1 unspecified atom stereocenters. The van der Waals surface area contributed by atoms with E-state index >= 15 is 0 Å². The van der Waals surface area contributed by atoms with Crippen molar-refractivity contribution >= 4 is 0 Å². The Morgan fingerprint density at radius 2 is 1.92 bits per heavy atom. The van der Waals surface area contributed by atoms with Gasteiger partial charge in [-0.05, 0) is 43.4 Å². The minimum atomic E-state index is 0.455. The predicted molar refractivity (Wildman–Crippen MR) is 58.6 cm³/mol. The molecule has 13 heavy (non-hydrogen) atoms. The summed E-state index contributed by atoms with van der Waals surface area (Å²) in [6, 6.07) is 0.455. The largest absolute Gasteiger partial charge is 0.327 e. The minimum absolute atomic E-state index is 0.455. The quantitative estimate of drug-likeness (QED) is 0.714. The molecule has 1 rings (SSSR count). The molecule has 1 aliphatic rings. The van der Waals surface area contributed by atoms with Crippen molar-refractivity contribution < 1.29 is 0 Å². The molecule has 0 radical (unpaired) electrons. The Hall–Kier alpha value is -0.0400. The van der Waals surface area contributed by atoms with E-state index in [0.29, 0.717) is 6.04 Å². The van der Waals surface area contributed by atoms with Crippen LogP contribution in [0.4, 0.5) is 0 Å². The molecule has 0 heterocycles. The first-order valence-electron chi connectivity index (χ1n) is 5.92. The molecule has 2 N–H and O–H groups in total. The molecule has 0 amide bonds. The van der Waals surface area contributed by atoms with Crippen LogP contribution in [0.3, 0.4) is 0 Å². The van der Waals surface area contributed by atoms with Crippen LogP contribution >= 0.6 is 0 Å². The molecule has 0 bridgehead atoms. The van der Waals surface area contributed by atoms with E-state index < -0.39 is 0 Å². The molecule has 0 spiro atoms. The molecular weight excluding hydrogens is 158 g/mol. The van der Waals surface area contributed by atoms with Crippen LogP contribution in [-0.2, 0) is 0 Å². The van der Waals surface area contributed by atoms with Gasteiger partial charge < -0.3 is 5.73 Å². The highest BCUT2D eigenvalue weighted by atomic mass is 14.6. The Kier molecular flexibility index (Phi) is 4.24. The van der Waals surface area contributed by atoms with Gasteiger partial charge in [-0.25, -0.2) is 0 Å². The Balaban J connectivity index is 2.46. The second kappa shape index (κ2) is 4.99. The van der Waals surface area contributed by atoms with Crippen LogP contribution in [-0.4, -0.2) is 6.04 Å². The van der Waals surface area contributed by atoms with Gasteiger partial charge in [0, 0.05) is 6.04 Å². The van der Waals surface area contributed by atoms with Crippen molar-refractivity contribution in [1.82, 2.24) is 0 Å². The minimum Gasteiger partial charge on any atom is -0.327 e. The van der Waals surface area contributed by atoms with E-state index in [2.05, 4.69) is 20.8 Å². The van der Waals surface area contributed by atoms with Gasteiger partial charge in [0.1, 0.15) is 0 Å². The van der Waals surface area contributed by atoms with Crippen molar-refractivity contribution in [2.75, 3.05) is 0 Å². The van der Waals surface area contributed by atoms with E-state index in [4.69, 9.17) is 5.73 Å². The van der Waals surface area contributed by atoms with E-state index in [1.165, 1.54) is 25.7 Å². The second-order valence-corrected chi connectivity index (χ2v) is 4.92. The number of nitrogens with two attached hydrogens (primary N) is 1. The summed E-state index contributed by atoms with van der Waals surface area (Å²) < 4.78 is 0. The highest BCUT2D eigenvalue weighted by molar-refractivity contribution is 4.82. The lowest BCUT2D eigenvalue weighted by Crippen LogP contribution is -2.35. The highest BCUT2D eigenvalue weighted by Crippen LogP contribution is 2.36. The highest BCUT2D eigenvalue weighted by Gasteiger charge is 2.28. The van der Waals surface area contributed by atoms with E-state index in [1.807, 2.05) is 0 Å². The van der Waals surface area contributed by atoms with Crippen molar-refractivity contribution in [1.29, 1.82) is 0 Å². The monoisotopic (exact) mass is 183 g/mol. The lowest BCUT2D eigenvalue weighted by atomic mass is 9.72. The van der Waals surface area contributed by atoms with Gasteiger partial charge in [0.2, 0.25) is 0 Å². The number of rotatable bonds is 3. The molecule has 1 aliphatic carbocycles. The maximum Gasteiger partial charge on any atom is 0.00647 e. The number of hydrogen-bond donors (Lipinski definition) is 1. The summed E-state index contributed by atoms with van der Waals surface area (Å²) in [5.74, 6) is 2.66. The van der Waals surface area contributed by atoms with E-state index in [0.717, 1.165) is 24.2 Å². The van der Waals surface area contributed by atoms with Crippen LogP contribution < -0.4 is 5.73 Å². The summed E-state index contributed by atoms with van der Waals surface area (Å²) in [6.45, 7) is 6.92. The molecule has 78 valence electrons. The van der Waals surface area contributed by atoms with E-state index in [-0.39, 0.29) is 0 Å². The Morgan fingerprint density at radius 3 is 2.46 bits per heavy atom. The molecule has 0 saturated heterocycles. The fourth-order valence-corrected chi connectivity index (χ4v) is 2.82. The molecule has 0 aromatic carbocycles. The molecule has 1 nitrogen and oxygen atoms in total. The van der Waals surface area contributed by atoms with Gasteiger partial charge in [-0.1, -0.05) is 27.2 Å². The predicted octanol–water partition coefficient (Wildman–Crippen LogP) is 3.19. The van der Waals surface area contributed by atoms with Gasteiger partial charge >= 0.3 is 0 Å². The third kappa shape index (κ3) is 2.98. The normalized spacial score (nSPS) is 37.4. The summed E-state index contributed by atoms with van der Waals surface area (Å²) in [7, 11) is 0. The van der Waals surface area contributed by atoms with Gasteiger partial charge in [-0.2, -0.15) is 0 Å². The van der Waals surface area contributed by atoms with E-state index in [9.17, 15) is 0 Å². The Labute approximate surface area is 83.1 Å². The molecule has 4 atom stereocenters. The van der Waals surface area contributed by atoms with Crippen molar-refractivity contribution in [3.63, 3.8) is 0 Å². The van der Waals surface area contributed by atoms with Crippen LogP contribution in [0.25, 0.3) is 0 Å². The standard InChI is InChI=1S/C12H25N/c1-4-10-6-9(3)7-11(8-10)12(13)5-2/h9-12H,4-8,13H2,1-3H3/t9-,10+,11-,12?/m0/s1. The molecule has 0 aromatic heterocycles. The third-order valence-electron chi connectivity index (χ3n) is 3.73. The molecule has 0 aromatic rings. The Bertz CT molecular complexity index is 144. The summed E-state index contributed by atoms with van der Waals surface area (Å²) in [5.41, 5.74) is 6.13. The smallest absolute Gasteiger partial charge is 0.00647 e. The van der Waals surface area contributed by atoms with Crippen LogP contribution in [0.1, 0.15) is 52.9 Å². The summed E-state index contributed by atoms with van der Waals surface area (Å²) >= 11 is 0. The van der Waals surface area contributed by atoms with Crippen LogP contribution in [0.2, 0.25) is 0 Å². The maximum absolute atomic E-state index is 6.13. The van der Waals surface area contributed by atoms with Crippen LogP contribution in [0, 0.1) is 17.8 Å². The van der Waals surface area contributed by atoms with Crippen molar-refractivity contribution in [3.05, 3.63) is 0 Å². The maximum atomic E-state index is 6.13. The SMILES string of the molecule is CCC(N)[C@H]1C[C@@H](C)C[C@@H](CC)C1. The molecular formula is C12H25N. The number of hydrogen-bond acceptors (Lipinski definition) is 1. The van der Waals surface area contributed by atoms with Gasteiger partial charge in [-0.15, -0.1) is 0 Å². The first-order chi connectivity index (χ1) is 6.17. The summed E-state index contributed by atoms with van der Waals surface area (Å²) in [4.78, 5) is 0. The zero-order valence-corrected chi connectivity index (χ0v) is 9.42. The van der Waals surface area contributed by atoms with Crippen LogP contribution in [0.15, 0.2) is 0 Å². The van der Waals surface area contributed by atoms with Gasteiger partial charge in [0.15, 0.2) is 0 Å². The van der Waals surface area contributed by atoms with Crippen LogP contribution in [0.5, 0.6) is 0 Å². The summed E-state index contributed by atoms with van der Waals surface area (Å²) in [6.07, 6.45) is 6.68. The van der Waals surface area contributed by atoms with Gasteiger partial charge in [0.25, 0.3) is 0 Å². The zero-order valence-electron chi connectivity index (χ0n) is 9.42. The third-order valence-corrected chi connectivity index (χ3v) is 3.73. The van der Waals surface area contributed by atoms with Crippen molar-refractivity contribution in [2.24, 2.45) is 23.5 Å². The summed E-state index contributed by atoms with van der Waals surface area (Å²) in [5, 5.41) is 0. The van der Waals surface area contributed by atoms with E-state index in [1.54, 1.807) is 0 Å². The van der Waals surface area contributed by atoms with Gasteiger partial charge in [-0.3, -0.25) is 0 Å². The first kappa shape index (κ1) is 11.0. The lowest BCUT2D eigenvalue weighted by molar-refractivity contribution is 0.176. The topological polar surface area (TPSA) is 26.0 Å². The second-order valence-electron chi connectivity index (χ2n) is 4.92. The molecule has 0 aliphatic heterocycles. The average molecular weight is 183 g/mol. The molecule has 1 fully saturated rings. The average Bonchev–Trinajstić information content (AvgIpc) is 2.15. The zero-order chi connectivity index (χ0) is 9.84. The van der Waals surface area contributed by atoms with Gasteiger partial charge in [0.05, 0.1) is 0 Å². The fraction of sp³-hybridized carbons (Fsp3) is 1.00.